The van der Waals surface area contributed by atoms with E-state index in [1.165, 1.54) is 12.1 Å². The van der Waals surface area contributed by atoms with E-state index in [-0.39, 0.29) is 42.0 Å². The number of benzene rings is 2. The smallest absolute Gasteiger partial charge is 0.378 e. The molecule has 3 rings (SSSR count). The van der Waals surface area contributed by atoms with Crippen molar-refractivity contribution in [2.75, 3.05) is 37.7 Å². The van der Waals surface area contributed by atoms with Crippen LogP contribution in [-0.2, 0) is 23.9 Å². The van der Waals surface area contributed by atoms with Crippen molar-refractivity contribution in [2.45, 2.75) is 19.1 Å². The fourth-order valence-corrected chi connectivity index (χ4v) is 3.19. The van der Waals surface area contributed by atoms with Gasteiger partial charge < -0.3 is 20.7 Å². The summed E-state index contributed by atoms with van der Waals surface area (Å²) in [6.07, 6.45) is -3.71. The Morgan fingerprint density at radius 1 is 1.10 bits per heavy atom. The molecule has 1 fully saturated rings. The molecule has 0 radical (unpaired) electrons. The quantitative estimate of drug-likeness (QED) is 0.337. The van der Waals surface area contributed by atoms with Gasteiger partial charge in [0.1, 0.15) is 0 Å². The van der Waals surface area contributed by atoms with Gasteiger partial charge in [0.05, 0.1) is 25.3 Å². The Bertz CT molecular complexity index is 825. The van der Waals surface area contributed by atoms with Gasteiger partial charge in [-0.3, -0.25) is 0 Å². The van der Waals surface area contributed by atoms with Crippen LogP contribution in [0.15, 0.2) is 53.5 Å². The first-order chi connectivity index (χ1) is 13.9. The summed E-state index contributed by atoms with van der Waals surface area (Å²) in [4.78, 5) is 5.99. The minimum atomic E-state index is -4.46. The van der Waals surface area contributed by atoms with Gasteiger partial charge in [0.15, 0.2) is 5.96 Å². The molecular weight excluding hydrogens is 508 g/mol. The number of nitrogens with zero attached hydrogens (tertiary/aromatic N) is 2. The molecule has 0 spiro atoms. The van der Waals surface area contributed by atoms with Crippen molar-refractivity contribution in [1.29, 1.82) is 0 Å². The molecule has 2 aromatic rings. The Balaban J connectivity index is 0.00000320. The van der Waals surface area contributed by atoms with Gasteiger partial charge in [0.25, 0.3) is 0 Å². The molecule has 0 aromatic heterocycles. The molecule has 0 aliphatic carbocycles. The van der Waals surface area contributed by atoms with E-state index in [9.17, 15) is 13.2 Å². The zero-order valence-electron chi connectivity index (χ0n) is 16.5. The van der Waals surface area contributed by atoms with Gasteiger partial charge in [-0.05, 0) is 29.7 Å². The highest BCUT2D eigenvalue weighted by Crippen LogP contribution is 2.35. The van der Waals surface area contributed by atoms with E-state index in [0.29, 0.717) is 38.5 Å². The van der Waals surface area contributed by atoms with Gasteiger partial charge in [-0.25, -0.2) is 4.99 Å². The van der Waals surface area contributed by atoms with Gasteiger partial charge in [0.2, 0.25) is 0 Å². The number of nitrogens with one attached hydrogen (secondary N) is 1. The molecule has 2 aromatic carbocycles. The third kappa shape index (κ3) is 7.05. The van der Waals surface area contributed by atoms with Crippen molar-refractivity contribution in [3.05, 3.63) is 65.2 Å². The van der Waals surface area contributed by atoms with E-state index in [2.05, 4.69) is 10.3 Å². The van der Waals surface area contributed by atoms with Crippen molar-refractivity contribution in [3.63, 3.8) is 0 Å². The maximum absolute atomic E-state index is 13.6. The minimum Gasteiger partial charge on any atom is -0.378 e. The lowest BCUT2D eigenvalue weighted by atomic mass is 10.1. The van der Waals surface area contributed by atoms with Gasteiger partial charge in [-0.2, -0.15) is 13.2 Å². The molecule has 30 heavy (non-hydrogen) atoms. The molecular formula is C21H26F3IN4O. The number of alkyl halides is 3. The number of aliphatic imine (C=N–C) groups is 1. The molecule has 0 bridgehead atoms. The maximum atomic E-state index is 13.6. The summed E-state index contributed by atoms with van der Waals surface area (Å²) in [6.45, 7) is 2.60. The maximum Gasteiger partial charge on any atom is 0.416 e. The molecule has 0 atom stereocenters. The molecule has 3 N–H and O–H groups in total. The van der Waals surface area contributed by atoms with Crippen LogP contribution in [0.1, 0.15) is 16.7 Å². The topological polar surface area (TPSA) is 62.9 Å². The number of hydrogen-bond acceptors (Lipinski definition) is 3. The third-order valence-corrected chi connectivity index (χ3v) is 4.76. The number of guanidine groups is 1. The highest BCUT2D eigenvalue weighted by atomic mass is 127. The second-order valence-electron chi connectivity index (χ2n) is 6.80. The molecule has 1 heterocycles. The van der Waals surface area contributed by atoms with E-state index < -0.39 is 11.7 Å². The molecule has 9 heteroatoms. The van der Waals surface area contributed by atoms with Gasteiger partial charge >= 0.3 is 6.18 Å². The zero-order chi connectivity index (χ0) is 20.7. The predicted octanol–water partition coefficient (Wildman–Crippen LogP) is 3.81. The molecule has 164 valence electrons. The summed E-state index contributed by atoms with van der Waals surface area (Å²) >= 11 is 0. The average molecular weight is 534 g/mol. The number of nitrogens with two attached hydrogens (primary N) is 1. The summed E-state index contributed by atoms with van der Waals surface area (Å²) < 4.78 is 46.0. The van der Waals surface area contributed by atoms with Gasteiger partial charge in [0, 0.05) is 25.3 Å². The fraction of sp³-hybridized carbons (Fsp3) is 0.381. The Kier molecular flexibility index (Phi) is 9.22. The van der Waals surface area contributed by atoms with Crippen LogP contribution >= 0.6 is 24.0 Å². The van der Waals surface area contributed by atoms with Crippen LogP contribution in [0.25, 0.3) is 0 Å². The third-order valence-electron chi connectivity index (χ3n) is 4.76. The predicted molar refractivity (Wildman–Crippen MR) is 123 cm³/mol. The van der Waals surface area contributed by atoms with E-state index in [1.807, 2.05) is 35.2 Å². The average Bonchev–Trinajstić information content (AvgIpc) is 2.73. The molecule has 1 saturated heterocycles. The largest absolute Gasteiger partial charge is 0.416 e. The Morgan fingerprint density at radius 2 is 1.80 bits per heavy atom. The van der Waals surface area contributed by atoms with Crippen LogP contribution in [0.2, 0.25) is 0 Å². The Morgan fingerprint density at radius 3 is 2.47 bits per heavy atom. The van der Waals surface area contributed by atoms with E-state index in [1.54, 1.807) is 6.07 Å². The second kappa shape index (κ2) is 11.4. The fourth-order valence-electron chi connectivity index (χ4n) is 3.19. The van der Waals surface area contributed by atoms with Gasteiger partial charge in [-0.15, -0.1) is 24.0 Å². The monoisotopic (exact) mass is 534 g/mol. The SMILES string of the molecule is I.NC(=NCc1ccc(N2CCOCC2)cc1C(F)(F)F)NCCc1ccccc1. The van der Waals surface area contributed by atoms with Crippen LogP contribution in [0, 0.1) is 0 Å². The van der Waals surface area contributed by atoms with Crippen LogP contribution in [0.4, 0.5) is 18.9 Å². The molecule has 0 saturated carbocycles. The summed E-state index contributed by atoms with van der Waals surface area (Å²) in [5, 5.41) is 2.95. The summed E-state index contributed by atoms with van der Waals surface area (Å²) in [5.74, 6) is 0.131. The first-order valence-electron chi connectivity index (χ1n) is 9.54. The molecule has 1 aliphatic rings. The number of rotatable bonds is 6. The van der Waals surface area contributed by atoms with E-state index in [4.69, 9.17) is 10.5 Å². The van der Waals surface area contributed by atoms with Crippen molar-refractivity contribution in [1.82, 2.24) is 5.32 Å². The lowest BCUT2D eigenvalue weighted by Gasteiger charge is -2.29. The summed E-state index contributed by atoms with van der Waals surface area (Å²) in [5.41, 5.74) is 6.94. The normalized spacial score (nSPS) is 14.9. The molecule has 1 aliphatic heterocycles. The van der Waals surface area contributed by atoms with E-state index >= 15 is 0 Å². The number of morpholine rings is 1. The van der Waals surface area contributed by atoms with Crippen LogP contribution in [0.3, 0.4) is 0 Å². The lowest BCUT2D eigenvalue weighted by Crippen LogP contribution is -2.36. The number of anilines is 1. The van der Waals surface area contributed by atoms with Gasteiger partial charge in [-0.1, -0.05) is 36.4 Å². The van der Waals surface area contributed by atoms with Crippen LogP contribution < -0.4 is 16.0 Å². The molecule has 0 amide bonds. The number of ether oxygens (including phenoxy) is 1. The second-order valence-corrected chi connectivity index (χ2v) is 6.80. The zero-order valence-corrected chi connectivity index (χ0v) is 18.8. The van der Waals surface area contributed by atoms with Crippen LogP contribution in [0.5, 0.6) is 0 Å². The Labute approximate surface area is 191 Å². The molecule has 5 nitrogen and oxygen atoms in total. The standard InChI is InChI=1S/C21H25F3N4O.HI/c22-21(23,24)19-14-18(28-10-12-29-13-11-28)7-6-17(19)15-27-20(25)26-9-8-16-4-2-1-3-5-16;/h1-7,14H,8-13,15H2,(H3,25,26,27);1H. The first kappa shape index (κ1) is 24.3. The van der Waals surface area contributed by atoms with Crippen molar-refractivity contribution in [2.24, 2.45) is 10.7 Å². The summed E-state index contributed by atoms with van der Waals surface area (Å²) in [6, 6.07) is 14.2. The highest BCUT2D eigenvalue weighted by Gasteiger charge is 2.34. The first-order valence-corrected chi connectivity index (χ1v) is 9.54. The van der Waals surface area contributed by atoms with Crippen LogP contribution in [-0.4, -0.2) is 38.8 Å². The van der Waals surface area contributed by atoms with Crippen molar-refractivity contribution in [3.8, 4) is 0 Å². The number of halogens is 4. The van der Waals surface area contributed by atoms with Crippen molar-refractivity contribution >= 4 is 35.6 Å². The lowest BCUT2D eigenvalue weighted by molar-refractivity contribution is -0.138. The summed E-state index contributed by atoms with van der Waals surface area (Å²) in [7, 11) is 0. The Hall–Kier alpha value is -2.01. The highest BCUT2D eigenvalue weighted by molar-refractivity contribution is 14.0. The number of hydrogen-bond donors (Lipinski definition) is 2. The molecule has 0 unspecified atom stereocenters. The minimum absolute atomic E-state index is 0. The van der Waals surface area contributed by atoms with Crippen molar-refractivity contribution < 1.29 is 17.9 Å². The van der Waals surface area contributed by atoms with E-state index in [0.717, 1.165) is 12.0 Å².